The number of unbranched alkanes of at least 4 members (excludes halogenated alkanes) is 1. The molecule has 0 saturated carbocycles. The molecule has 0 spiro atoms. The van der Waals surface area contributed by atoms with E-state index in [1.807, 2.05) is 18.2 Å². The second-order valence-corrected chi connectivity index (χ2v) is 6.53. The molecule has 0 fully saturated rings. The predicted molar refractivity (Wildman–Crippen MR) is 104 cm³/mol. The number of hydrogen-bond donors (Lipinski definition) is 1. The molecule has 0 atom stereocenters. The van der Waals surface area contributed by atoms with E-state index in [2.05, 4.69) is 27.3 Å². The van der Waals surface area contributed by atoms with E-state index in [0.29, 0.717) is 18.8 Å². The maximum absolute atomic E-state index is 12.0. The molecule has 3 rings (SSSR count). The van der Waals surface area contributed by atoms with Crippen LogP contribution < -0.4 is 19.7 Å². The van der Waals surface area contributed by atoms with Gasteiger partial charge < -0.3 is 19.7 Å². The van der Waals surface area contributed by atoms with Crippen molar-refractivity contribution in [3.63, 3.8) is 0 Å². The van der Waals surface area contributed by atoms with E-state index < -0.39 is 0 Å². The zero-order valence-electron chi connectivity index (χ0n) is 16.1. The molecule has 1 aliphatic heterocycles. The summed E-state index contributed by atoms with van der Waals surface area (Å²) in [7, 11) is 3.29. The van der Waals surface area contributed by atoms with Gasteiger partial charge in [0.05, 0.1) is 14.2 Å². The van der Waals surface area contributed by atoms with Crippen LogP contribution in [0.1, 0.15) is 41.4 Å². The van der Waals surface area contributed by atoms with Crippen LogP contribution in [-0.2, 0) is 13.0 Å². The first-order chi connectivity index (χ1) is 13.2. The Hall–Kier alpha value is -2.83. The van der Waals surface area contributed by atoms with Gasteiger partial charge in [0.15, 0.2) is 23.0 Å². The molecular weight excluding hydrogens is 344 g/mol. The Kier molecular flexibility index (Phi) is 6.11. The number of amides is 1. The van der Waals surface area contributed by atoms with Crippen molar-refractivity contribution < 1.29 is 14.3 Å². The molecule has 1 N–H and O–H groups in total. The number of hydrogen-bond acceptors (Lipinski definition) is 6. The van der Waals surface area contributed by atoms with Crippen molar-refractivity contribution in [1.29, 1.82) is 0 Å². The maximum Gasteiger partial charge on any atom is 0.271 e. The Morgan fingerprint density at radius 2 is 1.89 bits per heavy atom. The molecule has 2 aromatic rings. The Balaban J connectivity index is 1.70. The predicted octanol–water partition coefficient (Wildman–Crippen LogP) is 2.59. The van der Waals surface area contributed by atoms with Gasteiger partial charge in [-0.25, -0.2) is 0 Å². The number of aromatic nitrogens is 2. The minimum atomic E-state index is -0.177. The van der Waals surface area contributed by atoms with E-state index in [4.69, 9.17) is 9.47 Å². The van der Waals surface area contributed by atoms with Gasteiger partial charge in [-0.2, -0.15) is 0 Å². The van der Waals surface area contributed by atoms with Crippen molar-refractivity contribution >= 4 is 11.7 Å². The van der Waals surface area contributed by atoms with Crippen LogP contribution in [0.3, 0.4) is 0 Å². The molecule has 27 heavy (non-hydrogen) atoms. The Labute approximate surface area is 159 Å². The summed E-state index contributed by atoms with van der Waals surface area (Å²) in [6, 6.07) is 7.64. The second-order valence-electron chi connectivity index (χ2n) is 6.53. The molecule has 1 amide bonds. The van der Waals surface area contributed by atoms with Gasteiger partial charge in [0.1, 0.15) is 0 Å². The number of methoxy groups -OCH3 is 2. The lowest BCUT2D eigenvalue weighted by Crippen LogP contribution is -2.32. The molecule has 7 heteroatoms. The summed E-state index contributed by atoms with van der Waals surface area (Å²) in [6.07, 6.45) is 2.88. The number of rotatable bonds is 7. The topological polar surface area (TPSA) is 76.6 Å². The Morgan fingerprint density at radius 3 is 2.52 bits per heavy atom. The van der Waals surface area contributed by atoms with Crippen molar-refractivity contribution in [1.82, 2.24) is 15.5 Å². The van der Waals surface area contributed by atoms with Gasteiger partial charge >= 0.3 is 0 Å². The monoisotopic (exact) mass is 370 g/mol. The highest BCUT2D eigenvalue weighted by Crippen LogP contribution is 2.34. The maximum atomic E-state index is 12.0. The Bertz CT molecular complexity index is 793. The number of benzene rings is 1. The first-order valence-corrected chi connectivity index (χ1v) is 9.27. The number of nitrogens with one attached hydrogen (secondary N) is 1. The SMILES string of the molecule is CCCCNC(=O)c1ccc(N2CCc3cc(OC)c(OC)cc3C2)nn1. The van der Waals surface area contributed by atoms with E-state index >= 15 is 0 Å². The molecule has 7 nitrogen and oxygen atoms in total. The van der Waals surface area contributed by atoms with Gasteiger partial charge in [-0.05, 0) is 48.2 Å². The largest absolute Gasteiger partial charge is 0.493 e. The lowest BCUT2D eigenvalue weighted by atomic mass is 9.99. The molecule has 1 aromatic heterocycles. The summed E-state index contributed by atoms with van der Waals surface area (Å²) in [4.78, 5) is 14.2. The smallest absolute Gasteiger partial charge is 0.271 e. The fraction of sp³-hybridized carbons (Fsp3) is 0.450. The molecular formula is C20H26N4O3. The normalized spacial score (nSPS) is 13.1. The molecule has 0 unspecified atom stereocenters. The summed E-state index contributed by atoms with van der Waals surface area (Å²) in [5, 5.41) is 11.2. The van der Waals surface area contributed by atoms with Crippen LogP contribution in [0, 0.1) is 0 Å². The molecule has 1 aliphatic rings. The summed E-state index contributed by atoms with van der Waals surface area (Å²) >= 11 is 0. The number of ether oxygens (including phenoxy) is 2. The minimum absolute atomic E-state index is 0.177. The average Bonchev–Trinajstić information content (AvgIpc) is 2.72. The third-order valence-electron chi connectivity index (χ3n) is 4.74. The van der Waals surface area contributed by atoms with Crippen molar-refractivity contribution in [2.24, 2.45) is 0 Å². The molecule has 1 aromatic carbocycles. The van der Waals surface area contributed by atoms with Gasteiger partial charge in [-0.3, -0.25) is 4.79 Å². The number of fused-ring (bicyclic) bond motifs is 1. The van der Waals surface area contributed by atoms with Crippen LogP contribution in [0.4, 0.5) is 5.82 Å². The molecule has 0 saturated heterocycles. The van der Waals surface area contributed by atoms with Crippen LogP contribution in [0.15, 0.2) is 24.3 Å². The Morgan fingerprint density at radius 1 is 1.15 bits per heavy atom. The van der Waals surface area contributed by atoms with Crippen LogP contribution in [-0.4, -0.2) is 43.4 Å². The van der Waals surface area contributed by atoms with E-state index in [-0.39, 0.29) is 5.91 Å². The first-order valence-electron chi connectivity index (χ1n) is 9.27. The highest BCUT2D eigenvalue weighted by molar-refractivity contribution is 5.92. The first kappa shape index (κ1) is 18.9. The zero-order chi connectivity index (χ0) is 19.2. The van der Waals surface area contributed by atoms with Gasteiger partial charge in [0, 0.05) is 19.6 Å². The number of carbonyl (C=O) groups excluding carboxylic acids is 1. The van der Waals surface area contributed by atoms with Crippen molar-refractivity contribution in [2.75, 3.05) is 32.2 Å². The number of carbonyl (C=O) groups is 1. The zero-order valence-corrected chi connectivity index (χ0v) is 16.1. The quantitative estimate of drug-likeness (QED) is 0.755. The van der Waals surface area contributed by atoms with Crippen LogP contribution in [0.2, 0.25) is 0 Å². The lowest BCUT2D eigenvalue weighted by molar-refractivity contribution is 0.0947. The highest BCUT2D eigenvalue weighted by atomic mass is 16.5. The van der Waals surface area contributed by atoms with Crippen LogP contribution in [0.5, 0.6) is 11.5 Å². The van der Waals surface area contributed by atoms with Gasteiger partial charge in [-0.1, -0.05) is 13.3 Å². The lowest BCUT2D eigenvalue weighted by Gasteiger charge is -2.30. The second kappa shape index (κ2) is 8.70. The molecule has 144 valence electrons. The van der Waals surface area contributed by atoms with E-state index in [1.165, 1.54) is 11.1 Å². The summed E-state index contributed by atoms with van der Waals surface area (Å²) < 4.78 is 10.8. The summed E-state index contributed by atoms with van der Waals surface area (Å²) in [5.74, 6) is 2.06. The number of anilines is 1. The average molecular weight is 370 g/mol. The molecule has 2 heterocycles. The van der Waals surface area contributed by atoms with E-state index in [0.717, 1.165) is 43.1 Å². The van der Waals surface area contributed by atoms with Gasteiger partial charge in [-0.15, -0.1) is 10.2 Å². The van der Waals surface area contributed by atoms with Crippen molar-refractivity contribution in [3.8, 4) is 11.5 Å². The molecule has 0 bridgehead atoms. The van der Waals surface area contributed by atoms with Gasteiger partial charge in [0.2, 0.25) is 0 Å². The van der Waals surface area contributed by atoms with Crippen LogP contribution in [0.25, 0.3) is 0 Å². The van der Waals surface area contributed by atoms with E-state index in [1.54, 1.807) is 20.3 Å². The summed E-state index contributed by atoms with van der Waals surface area (Å²) in [6.45, 7) is 4.29. The molecule has 0 aliphatic carbocycles. The number of nitrogens with zero attached hydrogens (tertiary/aromatic N) is 3. The highest BCUT2D eigenvalue weighted by Gasteiger charge is 2.21. The van der Waals surface area contributed by atoms with Crippen molar-refractivity contribution in [3.05, 3.63) is 41.1 Å². The standard InChI is InChI=1S/C20H26N4O3/c1-4-5-9-21-20(25)16-6-7-19(23-22-16)24-10-8-14-11-17(26-2)18(27-3)12-15(14)13-24/h6-7,11-12H,4-5,8-10,13H2,1-3H3,(H,21,25). The van der Waals surface area contributed by atoms with E-state index in [9.17, 15) is 4.79 Å². The van der Waals surface area contributed by atoms with Crippen molar-refractivity contribution in [2.45, 2.75) is 32.7 Å². The van der Waals surface area contributed by atoms with Gasteiger partial charge in [0.25, 0.3) is 5.91 Å². The molecule has 0 radical (unpaired) electrons. The fourth-order valence-corrected chi connectivity index (χ4v) is 3.16. The summed E-state index contributed by atoms with van der Waals surface area (Å²) in [5.41, 5.74) is 2.78. The van der Waals surface area contributed by atoms with Crippen LogP contribution >= 0.6 is 0 Å². The fourth-order valence-electron chi connectivity index (χ4n) is 3.16. The third kappa shape index (κ3) is 4.30. The third-order valence-corrected chi connectivity index (χ3v) is 4.74. The minimum Gasteiger partial charge on any atom is -0.493 e.